The fourth-order valence-electron chi connectivity index (χ4n) is 8.15. The van der Waals surface area contributed by atoms with E-state index >= 15 is 0 Å². The Kier molecular flexibility index (Phi) is 8.34. The van der Waals surface area contributed by atoms with E-state index in [1.165, 1.54) is 54.1 Å². The molecule has 8 aromatic carbocycles. The van der Waals surface area contributed by atoms with E-state index in [9.17, 15) is 0 Å². The number of aromatic nitrogens is 3. The lowest BCUT2D eigenvalue weighted by molar-refractivity contribution is 1.18. The molecule has 4 heteroatoms. The smallest absolute Gasteiger partial charge is 0.160 e. The van der Waals surface area contributed by atoms with E-state index in [4.69, 9.17) is 9.97 Å². The van der Waals surface area contributed by atoms with Gasteiger partial charge >= 0.3 is 0 Å². The number of hydrogen-bond donors (Lipinski definition) is 0. The van der Waals surface area contributed by atoms with Gasteiger partial charge in [-0.15, -0.1) is 11.3 Å². The molecule has 0 amide bonds. The summed E-state index contributed by atoms with van der Waals surface area (Å²) in [5.74, 6) is 0.706. The third-order valence-electron chi connectivity index (χ3n) is 11.0. The molecule has 11 rings (SSSR count). The molecule has 0 radical (unpaired) electrons. The van der Waals surface area contributed by atoms with Crippen LogP contribution in [0.2, 0.25) is 0 Å². The topological polar surface area (TPSA) is 30.7 Å². The summed E-state index contributed by atoms with van der Waals surface area (Å²) in [5, 5.41) is 3.68. The Hall–Kier alpha value is -7.40. The van der Waals surface area contributed by atoms with Gasteiger partial charge in [0, 0.05) is 32.3 Å². The third kappa shape index (κ3) is 6.17. The molecule has 0 saturated heterocycles. The average Bonchev–Trinajstić information content (AvgIpc) is 3.89. The molecule has 0 aliphatic rings. The fourth-order valence-corrected chi connectivity index (χ4v) is 9.18. The molecular weight excluding hydrogens is 723 g/mol. The molecule has 0 N–H and O–H groups in total. The van der Waals surface area contributed by atoms with Crippen molar-refractivity contribution in [1.29, 1.82) is 0 Å². The Morgan fingerprint density at radius 3 is 1.52 bits per heavy atom. The predicted octanol–water partition coefficient (Wildman–Crippen LogP) is 14.8. The minimum absolute atomic E-state index is 0.706. The van der Waals surface area contributed by atoms with Crippen LogP contribution in [0.4, 0.5) is 0 Å². The number of benzene rings is 8. The first-order valence-electron chi connectivity index (χ1n) is 19.6. The molecule has 272 valence electrons. The maximum absolute atomic E-state index is 5.21. The Balaban J connectivity index is 1.03. The molecule has 0 atom stereocenters. The van der Waals surface area contributed by atoms with Gasteiger partial charge in [-0.25, -0.2) is 9.97 Å². The van der Waals surface area contributed by atoms with Crippen molar-refractivity contribution >= 4 is 43.2 Å². The lowest BCUT2D eigenvalue weighted by atomic mass is 10.0. The lowest BCUT2D eigenvalue weighted by Crippen LogP contribution is -1.96. The van der Waals surface area contributed by atoms with E-state index in [0.29, 0.717) is 5.82 Å². The van der Waals surface area contributed by atoms with E-state index in [2.05, 4.69) is 211 Å². The van der Waals surface area contributed by atoms with Crippen molar-refractivity contribution < 1.29 is 0 Å². The van der Waals surface area contributed by atoms with Crippen LogP contribution in [0.15, 0.2) is 212 Å². The molecule has 0 bridgehead atoms. The normalized spacial score (nSPS) is 11.4. The van der Waals surface area contributed by atoms with Crippen molar-refractivity contribution in [2.45, 2.75) is 0 Å². The lowest BCUT2D eigenvalue weighted by Gasteiger charge is -2.12. The Bertz CT molecular complexity index is 3140. The standard InChI is InChI=1S/C54H35N3S/c1-4-14-36(15-5-1)41-26-28-50-46(32-41)47-33-42(37-16-6-2-7-17-37)27-29-51(47)57(50)45-24-13-22-40(31-45)39-21-12-23-44(30-39)54-55-48(38-18-8-3-9-19-38)35-49(56-54)53-34-43-20-10-11-25-52(43)58-53/h1-35H. The van der Waals surface area contributed by atoms with Crippen molar-refractivity contribution in [3.05, 3.63) is 212 Å². The number of nitrogens with zero attached hydrogens (tertiary/aromatic N) is 3. The van der Waals surface area contributed by atoms with Crippen molar-refractivity contribution in [2.75, 3.05) is 0 Å². The molecule has 0 aliphatic heterocycles. The molecule has 3 aromatic heterocycles. The number of thiophene rings is 1. The Labute approximate surface area is 340 Å². The zero-order chi connectivity index (χ0) is 38.4. The summed E-state index contributed by atoms with van der Waals surface area (Å²) < 4.78 is 3.66. The van der Waals surface area contributed by atoms with Gasteiger partial charge in [0.05, 0.1) is 27.3 Å². The largest absolute Gasteiger partial charge is 0.309 e. The SMILES string of the molecule is c1ccc(-c2ccc3c(c2)c2cc(-c4ccccc4)ccc2n3-c2cccc(-c3cccc(-c4nc(-c5ccccc5)cc(-c5cc6ccccc6s5)n4)c3)c2)cc1. The van der Waals surface area contributed by atoms with Gasteiger partial charge in [-0.3, -0.25) is 0 Å². The summed E-state index contributed by atoms with van der Waals surface area (Å²) in [6.07, 6.45) is 0. The van der Waals surface area contributed by atoms with Gasteiger partial charge in [-0.05, 0) is 99.4 Å². The molecule has 58 heavy (non-hydrogen) atoms. The van der Waals surface area contributed by atoms with Crippen LogP contribution in [0.3, 0.4) is 0 Å². The van der Waals surface area contributed by atoms with E-state index in [1.807, 2.05) is 6.07 Å². The Morgan fingerprint density at radius 1 is 0.345 bits per heavy atom. The quantitative estimate of drug-likeness (QED) is 0.162. The van der Waals surface area contributed by atoms with Gasteiger partial charge in [0.2, 0.25) is 0 Å². The van der Waals surface area contributed by atoms with E-state index < -0.39 is 0 Å². The fraction of sp³-hybridized carbons (Fsp3) is 0. The van der Waals surface area contributed by atoms with Crippen LogP contribution in [0.5, 0.6) is 0 Å². The van der Waals surface area contributed by atoms with Crippen LogP contribution in [-0.2, 0) is 0 Å². The van der Waals surface area contributed by atoms with Crippen molar-refractivity contribution in [3.63, 3.8) is 0 Å². The molecule has 3 heterocycles. The van der Waals surface area contributed by atoms with Gasteiger partial charge in [-0.2, -0.15) is 0 Å². The highest BCUT2D eigenvalue weighted by molar-refractivity contribution is 7.22. The maximum atomic E-state index is 5.21. The summed E-state index contributed by atoms with van der Waals surface area (Å²) in [5.41, 5.74) is 14.4. The Morgan fingerprint density at radius 2 is 0.862 bits per heavy atom. The number of rotatable bonds is 7. The average molecular weight is 758 g/mol. The molecule has 0 unspecified atom stereocenters. The van der Waals surface area contributed by atoms with Gasteiger partial charge in [0.25, 0.3) is 0 Å². The highest BCUT2D eigenvalue weighted by atomic mass is 32.1. The summed E-state index contributed by atoms with van der Waals surface area (Å²) >= 11 is 1.77. The summed E-state index contributed by atoms with van der Waals surface area (Å²) in [4.78, 5) is 11.5. The molecule has 0 aliphatic carbocycles. The van der Waals surface area contributed by atoms with Crippen LogP contribution in [0, 0.1) is 0 Å². The maximum Gasteiger partial charge on any atom is 0.160 e. The second kappa shape index (κ2) is 14.3. The van der Waals surface area contributed by atoms with Gasteiger partial charge in [0.1, 0.15) is 0 Å². The molecule has 11 aromatic rings. The minimum atomic E-state index is 0.706. The second-order valence-electron chi connectivity index (χ2n) is 14.6. The summed E-state index contributed by atoms with van der Waals surface area (Å²) in [6, 6.07) is 75.8. The monoisotopic (exact) mass is 757 g/mol. The van der Waals surface area contributed by atoms with Gasteiger partial charge < -0.3 is 4.57 Å². The van der Waals surface area contributed by atoms with E-state index in [0.717, 1.165) is 44.2 Å². The highest BCUT2D eigenvalue weighted by Crippen LogP contribution is 2.39. The van der Waals surface area contributed by atoms with Crippen LogP contribution in [-0.4, -0.2) is 14.5 Å². The van der Waals surface area contributed by atoms with Gasteiger partial charge in [0.15, 0.2) is 5.82 Å². The third-order valence-corrected chi connectivity index (χ3v) is 12.2. The van der Waals surface area contributed by atoms with Crippen molar-refractivity contribution in [1.82, 2.24) is 14.5 Å². The van der Waals surface area contributed by atoms with Crippen LogP contribution in [0.1, 0.15) is 0 Å². The predicted molar refractivity (Wildman–Crippen MR) is 244 cm³/mol. The molecule has 0 saturated carbocycles. The van der Waals surface area contributed by atoms with Crippen LogP contribution in [0.25, 0.3) is 104 Å². The van der Waals surface area contributed by atoms with Crippen LogP contribution < -0.4 is 0 Å². The summed E-state index contributed by atoms with van der Waals surface area (Å²) in [6.45, 7) is 0. The highest BCUT2D eigenvalue weighted by Gasteiger charge is 2.17. The minimum Gasteiger partial charge on any atom is -0.309 e. The first-order chi connectivity index (χ1) is 28.7. The molecule has 0 spiro atoms. The zero-order valence-electron chi connectivity index (χ0n) is 31.5. The first-order valence-corrected chi connectivity index (χ1v) is 20.4. The molecule has 3 nitrogen and oxygen atoms in total. The first kappa shape index (κ1) is 33.9. The van der Waals surface area contributed by atoms with E-state index in [-0.39, 0.29) is 0 Å². The van der Waals surface area contributed by atoms with Crippen molar-refractivity contribution in [2.24, 2.45) is 0 Å². The van der Waals surface area contributed by atoms with Gasteiger partial charge in [-0.1, -0.05) is 152 Å². The number of fused-ring (bicyclic) bond motifs is 4. The molecular formula is C54H35N3S. The van der Waals surface area contributed by atoms with Crippen molar-refractivity contribution in [3.8, 4) is 72.3 Å². The van der Waals surface area contributed by atoms with Crippen LogP contribution >= 0.6 is 11.3 Å². The van der Waals surface area contributed by atoms with E-state index in [1.54, 1.807) is 11.3 Å². The zero-order valence-corrected chi connectivity index (χ0v) is 32.3. The molecule has 0 fully saturated rings. The number of hydrogen-bond acceptors (Lipinski definition) is 3. The summed E-state index contributed by atoms with van der Waals surface area (Å²) in [7, 11) is 0. The second-order valence-corrected chi connectivity index (χ2v) is 15.7.